The number of anilines is 1. The van der Waals surface area contributed by atoms with Crippen LogP contribution in [0.1, 0.15) is 55.8 Å². The van der Waals surface area contributed by atoms with E-state index < -0.39 is 12.0 Å². The van der Waals surface area contributed by atoms with E-state index in [0.717, 1.165) is 17.4 Å². The molecule has 2 unspecified atom stereocenters. The van der Waals surface area contributed by atoms with Crippen LogP contribution < -0.4 is 16.0 Å². The summed E-state index contributed by atoms with van der Waals surface area (Å²) < 4.78 is 5.48. The standard InChI is InChI=1S/C24H30N4O5/c1-24(2,3)20(25-4)22(32)28-19(23-26-15(12-30)13-33-23)11-17-16-10-14(6-5-9-29)7-8-18(16)27-21(17)31/h7-11,13,17,20,25,30H,5-6,12H2,1-4H3,(H,27,31)(H,28,32). The molecule has 9 heteroatoms. The van der Waals surface area contributed by atoms with Gasteiger partial charge in [-0.3, -0.25) is 9.59 Å². The minimum absolute atomic E-state index is 0.0921. The largest absolute Gasteiger partial charge is 0.443 e. The highest BCUT2D eigenvalue weighted by atomic mass is 16.3. The zero-order valence-electron chi connectivity index (χ0n) is 19.3. The highest BCUT2D eigenvalue weighted by molar-refractivity contribution is 6.05. The van der Waals surface area contributed by atoms with Crippen LogP contribution in [0, 0.1) is 5.41 Å². The second kappa shape index (κ2) is 10.1. The van der Waals surface area contributed by atoms with Crippen molar-refractivity contribution in [3.8, 4) is 0 Å². The number of aldehydes is 1. The molecule has 9 nitrogen and oxygen atoms in total. The molecular formula is C24H30N4O5. The van der Waals surface area contributed by atoms with Crippen molar-refractivity contribution in [1.29, 1.82) is 0 Å². The molecule has 4 N–H and O–H groups in total. The molecule has 0 fully saturated rings. The maximum absolute atomic E-state index is 13.1. The van der Waals surface area contributed by atoms with Crippen molar-refractivity contribution < 1.29 is 23.9 Å². The Hall–Kier alpha value is -3.30. The van der Waals surface area contributed by atoms with Crippen LogP contribution >= 0.6 is 0 Å². The van der Waals surface area contributed by atoms with E-state index in [1.807, 2.05) is 39.0 Å². The van der Waals surface area contributed by atoms with E-state index in [9.17, 15) is 19.5 Å². The minimum Gasteiger partial charge on any atom is -0.443 e. The van der Waals surface area contributed by atoms with Crippen molar-refractivity contribution in [3.63, 3.8) is 0 Å². The lowest BCUT2D eigenvalue weighted by atomic mass is 9.86. The van der Waals surface area contributed by atoms with E-state index in [-0.39, 0.29) is 35.4 Å². The number of benzene rings is 1. The van der Waals surface area contributed by atoms with Crippen LogP contribution in [-0.2, 0) is 27.4 Å². The first-order valence-corrected chi connectivity index (χ1v) is 10.8. The second-order valence-electron chi connectivity index (χ2n) is 9.05. The van der Waals surface area contributed by atoms with Crippen molar-refractivity contribution in [2.75, 3.05) is 12.4 Å². The molecule has 1 aliphatic rings. The van der Waals surface area contributed by atoms with Gasteiger partial charge in [0.2, 0.25) is 17.7 Å². The number of nitrogens with zero attached hydrogens (tertiary/aromatic N) is 1. The highest BCUT2D eigenvalue weighted by Crippen LogP contribution is 2.36. The van der Waals surface area contributed by atoms with E-state index in [2.05, 4.69) is 20.9 Å². The quantitative estimate of drug-likeness (QED) is 0.427. The van der Waals surface area contributed by atoms with Crippen molar-refractivity contribution in [3.05, 3.63) is 53.2 Å². The van der Waals surface area contributed by atoms with E-state index >= 15 is 0 Å². The van der Waals surface area contributed by atoms with Crippen LogP contribution in [0.25, 0.3) is 5.70 Å². The van der Waals surface area contributed by atoms with E-state index in [4.69, 9.17) is 4.42 Å². The van der Waals surface area contributed by atoms with Gasteiger partial charge in [-0.15, -0.1) is 0 Å². The molecule has 2 amide bonds. The molecule has 1 aliphatic heterocycles. The molecule has 2 heterocycles. The fourth-order valence-corrected chi connectivity index (χ4v) is 3.88. The fraction of sp³-hybridized carbons (Fsp3) is 0.417. The lowest BCUT2D eigenvalue weighted by Gasteiger charge is -2.29. The highest BCUT2D eigenvalue weighted by Gasteiger charge is 2.33. The summed E-state index contributed by atoms with van der Waals surface area (Å²) in [6.45, 7) is 5.49. The third-order valence-corrected chi connectivity index (χ3v) is 5.49. The number of carbonyl (C=O) groups is 3. The van der Waals surface area contributed by atoms with Crippen LogP contribution in [0.4, 0.5) is 5.69 Å². The summed E-state index contributed by atoms with van der Waals surface area (Å²) in [7, 11) is 1.70. The molecule has 1 aromatic heterocycles. The Labute approximate surface area is 192 Å². The molecule has 0 saturated heterocycles. The lowest BCUT2D eigenvalue weighted by molar-refractivity contribution is -0.124. The SMILES string of the molecule is CNC(C(=O)NC(=CC1C(=O)Nc2ccc(CCC=O)cc21)c1nc(CO)co1)C(C)(C)C. The molecule has 0 aliphatic carbocycles. The van der Waals surface area contributed by atoms with Gasteiger partial charge in [0.15, 0.2) is 0 Å². The number of hydrogen-bond donors (Lipinski definition) is 4. The van der Waals surface area contributed by atoms with Gasteiger partial charge in [-0.05, 0) is 42.2 Å². The first-order chi connectivity index (χ1) is 15.7. The number of oxazole rings is 1. The Morgan fingerprint density at radius 3 is 2.73 bits per heavy atom. The number of amides is 2. The van der Waals surface area contributed by atoms with Gasteiger partial charge < -0.3 is 30.3 Å². The molecule has 0 spiro atoms. The first-order valence-electron chi connectivity index (χ1n) is 10.8. The zero-order valence-corrected chi connectivity index (χ0v) is 19.3. The van der Waals surface area contributed by atoms with Gasteiger partial charge in [0.25, 0.3) is 0 Å². The number of aliphatic hydroxyl groups is 1. The van der Waals surface area contributed by atoms with Gasteiger partial charge in [-0.2, -0.15) is 0 Å². The normalized spacial score (nSPS) is 16.8. The lowest BCUT2D eigenvalue weighted by Crippen LogP contribution is -2.49. The Balaban J connectivity index is 2.01. The van der Waals surface area contributed by atoms with Crippen molar-refractivity contribution >= 4 is 29.5 Å². The number of hydrogen-bond acceptors (Lipinski definition) is 7. The molecule has 33 heavy (non-hydrogen) atoms. The Morgan fingerprint density at radius 1 is 1.36 bits per heavy atom. The molecule has 0 bridgehead atoms. The van der Waals surface area contributed by atoms with Gasteiger partial charge in [0.1, 0.15) is 23.9 Å². The molecule has 0 radical (unpaired) electrons. The Bertz CT molecular complexity index is 1070. The number of nitrogens with one attached hydrogen (secondary N) is 3. The molecule has 2 atom stereocenters. The monoisotopic (exact) mass is 454 g/mol. The number of aryl methyl sites for hydroxylation is 1. The first kappa shape index (κ1) is 24.3. The molecule has 2 aromatic rings. The zero-order chi connectivity index (χ0) is 24.2. The van der Waals surface area contributed by atoms with Crippen molar-refractivity contribution in [2.45, 2.75) is 52.2 Å². The van der Waals surface area contributed by atoms with Crippen molar-refractivity contribution in [2.24, 2.45) is 5.41 Å². The summed E-state index contributed by atoms with van der Waals surface area (Å²) in [5.74, 6) is -1.16. The summed E-state index contributed by atoms with van der Waals surface area (Å²) in [5.41, 5.74) is 2.51. The van der Waals surface area contributed by atoms with Gasteiger partial charge in [0, 0.05) is 12.1 Å². The molecular weight excluding hydrogens is 424 g/mol. The number of fused-ring (bicyclic) bond motifs is 1. The average molecular weight is 455 g/mol. The smallest absolute Gasteiger partial charge is 0.242 e. The van der Waals surface area contributed by atoms with Crippen LogP contribution in [0.5, 0.6) is 0 Å². The van der Waals surface area contributed by atoms with Gasteiger partial charge in [0.05, 0.1) is 18.6 Å². The van der Waals surface area contributed by atoms with E-state index in [1.54, 1.807) is 13.1 Å². The summed E-state index contributed by atoms with van der Waals surface area (Å²) in [5, 5.41) is 18.1. The number of carbonyl (C=O) groups excluding carboxylic acids is 3. The topological polar surface area (TPSA) is 134 Å². The predicted molar refractivity (Wildman–Crippen MR) is 123 cm³/mol. The van der Waals surface area contributed by atoms with Crippen LogP contribution in [0.2, 0.25) is 0 Å². The number of aromatic nitrogens is 1. The van der Waals surface area contributed by atoms with Crippen LogP contribution in [-0.4, -0.2) is 41.3 Å². The van der Waals surface area contributed by atoms with Gasteiger partial charge in [-0.1, -0.05) is 32.9 Å². The maximum atomic E-state index is 13.1. The van der Waals surface area contributed by atoms with E-state index in [1.165, 1.54) is 6.26 Å². The Morgan fingerprint density at radius 2 is 2.12 bits per heavy atom. The third-order valence-electron chi connectivity index (χ3n) is 5.49. The summed E-state index contributed by atoms with van der Waals surface area (Å²) in [6, 6.07) is 5.05. The molecule has 3 rings (SSSR count). The van der Waals surface area contributed by atoms with Crippen LogP contribution in [0.15, 0.2) is 35.0 Å². The number of likely N-dealkylation sites (N-methyl/N-ethyl adjacent to an activating group) is 1. The fourth-order valence-electron chi connectivity index (χ4n) is 3.88. The minimum atomic E-state index is -0.696. The summed E-state index contributed by atoms with van der Waals surface area (Å²) in [4.78, 5) is 40.9. The molecule has 176 valence electrons. The predicted octanol–water partition coefficient (Wildman–Crippen LogP) is 2.13. The third kappa shape index (κ3) is 5.55. The second-order valence-corrected chi connectivity index (χ2v) is 9.05. The number of rotatable bonds is 9. The maximum Gasteiger partial charge on any atom is 0.242 e. The van der Waals surface area contributed by atoms with Crippen molar-refractivity contribution in [1.82, 2.24) is 15.6 Å². The average Bonchev–Trinajstić information content (AvgIpc) is 3.35. The summed E-state index contributed by atoms with van der Waals surface area (Å²) >= 11 is 0. The number of aliphatic hydroxyl groups excluding tert-OH is 1. The molecule has 1 aromatic carbocycles. The van der Waals surface area contributed by atoms with Gasteiger partial charge in [-0.25, -0.2) is 4.98 Å². The summed E-state index contributed by atoms with van der Waals surface area (Å²) in [6.07, 6.45) is 4.72. The van der Waals surface area contributed by atoms with E-state index in [0.29, 0.717) is 24.2 Å². The Kier molecular flexibility index (Phi) is 7.45. The molecule has 0 saturated carbocycles. The van der Waals surface area contributed by atoms with Gasteiger partial charge >= 0.3 is 0 Å². The van der Waals surface area contributed by atoms with Crippen LogP contribution in [0.3, 0.4) is 0 Å².